The van der Waals surface area contributed by atoms with Crippen molar-refractivity contribution in [2.45, 2.75) is 39.3 Å². The normalized spacial score (nSPS) is 12.0. The quantitative estimate of drug-likeness (QED) is 0.256. The van der Waals surface area contributed by atoms with Crippen LogP contribution in [-0.2, 0) is 13.0 Å². The summed E-state index contributed by atoms with van der Waals surface area (Å²) in [5.74, 6) is 2.23. The van der Waals surface area contributed by atoms with Gasteiger partial charge in [0.15, 0.2) is 0 Å². The van der Waals surface area contributed by atoms with Crippen LogP contribution in [0, 0.1) is 0 Å². The van der Waals surface area contributed by atoms with Crippen LogP contribution in [0.5, 0.6) is 17.4 Å². The fourth-order valence-electron chi connectivity index (χ4n) is 4.20. The Hall–Kier alpha value is -3.61. The van der Waals surface area contributed by atoms with Crippen LogP contribution in [0.4, 0.5) is 0 Å². The van der Waals surface area contributed by atoms with Gasteiger partial charge in [0, 0.05) is 13.1 Å². The second kappa shape index (κ2) is 12.9. The van der Waals surface area contributed by atoms with Crippen molar-refractivity contribution in [2.24, 2.45) is 0 Å². The Bertz CT molecular complexity index is 1180. The molecule has 3 aromatic carbocycles. The van der Waals surface area contributed by atoms with E-state index in [9.17, 15) is 5.11 Å². The van der Waals surface area contributed by atoms with Gasteiger partial charge in [-0.05, 0) is 55.8 Å². The smallest absolute Gasteiger partial charge is 0.227 e. The number of rotatable bonds is 13. The van der Waals surface area contributed by atoms with E-state index < -0.39 is 6.10 Å². The Morgan fingerprint density at radius 2 is 1.47 bits per heavy atom. The van der Waals surface area contributed by atoms with Crippen molar-refractivity contribution < 1.29 is 14.6 Å². The van der Waals surface area contributed by atoms with E-state index in [-0.39, 0.29) is 6.61 Å². The number of aliphatic hydroxyl groups is 1. The Morgan fingerprint density at radius 1 is 0.861 bits per heavy atom. The molecular weight excluding hydrogens is 450 g/mol. The van der Waals surface area contributed by atoms with Crippen LogP contribution in [0.1, 0.15) is 31.5 Å². The van der Waals surface area contributed by atoms with E-state index >= 15 is 0 Å². The standard InChI is InChI=1S/C30H35N3O3/c1-3-20-32(21-25(34)23-35-26-16-10-6-11-17-26)22-28-29(4-2)31-33(24-14-8-5-9-15-24)30(28)36-27-18-12-7-13-19-27/h5-19,25,34H,3-4,20-23H2,1-2H3/t25-/m1/s1. The topological polar surface area (TPSA) is 59.8 Å². The van der Waals surface area contributed by atoms with Crippen LogP contribution >= 0.6 is 0 Å². The van der Waals surface area contributed by atoms with Gasteiger partial charge in [0.1, 0.15) is 24.2 Å². The summed E-state index contributed by atoms with van der Waals surface area (Å²) in [4.78, 5) is 2.25. The lowest BCUT2D eigenvalue weighted by Gasteiger charge is -2.25. The number of para-hydroxylation sites is 3. The Kier molecular flexibility index (Phi) is 9.14. The van der Waals surface area contributed by atoms with E-state index in [2.05, 4.69) is 18.7 Å². The fourth-order valence-corrected chi connectivity index (χ4v) is 4.20. The number of aliphatic hydroxyl groups excluding tert-OH is 1. The zero-order chi connectivity index (χ0) is 25.2. The number of nitrogens with zero attached hydrogens (tertiary/aromatic N) is 3. The van der Waals surface area contributed by atoms with Crippen LogP contribution in [-0.4, -0.2) is 45.6 Å². The summed E-state index contributed by atoms with van der Waals surface area (Å²) >= 11 is 0. The monoisotopic (exact) mass is 485 g/mol. The van der Waals surface area contributed by atoms with Gasteiger partial charge >= 0.3 is 0 Å². The van der Waals surface area contributed by atoms with Crippen molar-refractivity contribution in [3.63, 3.8) is 0 Å². The molecule has 0 amide bonds. The highest BCUT2D eigenvalue weighted by atomic mass is 16.5. The lowest BCUT2D eigenvalue weighted by molar-refractivity contribution is 0.0653. The van der Waals surface area contributed by atoms with Crippen LogP contribution in [0.2, 0.25) is 0 Å². The van der Waals surface area contributed by atoms with E-state index in [1.54, 1.807) is 0 Å². The van der Waals surface area contributed by atoms with Gasteiger partial charge in [-0.25, -0.2) is 4.68 Å². The van der Waals surface area contributed by atoms with Crippen molar-refractivity contribution in [3.8, 4) is 23.1 Å². The highest BCUT2D eigenvalue weighted by Crippen LogP contribution is 2.32. The average Bonchev–Trinajstić information content (AvgIpc) is 3.26. The second-order valence-corrected chi connectivity index (χ2v) is 8.76. The third kappa shape index (κ3) is 6.74. The van der Waals surface area contributed by atoms with Crippen molar-refractivity contribution in [3.05, 3.63) is 102 Å². The third-order valence-electron chi connectivity index (χ3n) is 5.89. The lowest BCUT2D eigenvalue weighted by Crippen LogP contribution is -2.36. The molecule has 1 atom stereocenters. The number of hydrogen-bond acceptors (Lipinski definition) is 5. The molecule has 4 aromatic rings. The molecule has 0 aliphatic rings. The predicted octanol–water partition coefficient (Wildman–Crippen LogP) is 5.88. The van der Waals surface area contributed by atoms with Gasteiger partial charge in [-0.3, -0.25) is 4.90 Å². The molecule has 1 aromatic heterocycles. The zero-order valence-electron chi connectivity index (χ0n) is 21.1. The van der Waals surface area contributed by atoms with Crippen molar-refractivity contribution >= 4 is 0 Å². The van der Waals surface area contributed by atoms with Gasteiger partial charge in [0.25, 0.3) is 0 Å². The van der Waals surface area contributed by atoms with Crippen LogP contribution in [0.15, 0.2) is 91.0 Å². The largest absolute Gasteiger partial charge is 0.491 e. The second-order valence-electron chi connectivity index (χ2n) is 8.76. The molecule has 36 heavy (non-hydrogen) atoms. The van der Waals surface area contributed by atoms with Gasteiger partial charge in [0.2, 0.25) is 5.88 Å². The minimum Gasteiger partial charge on any atom is -0.491 e. The van der Waals surface area contributed by atoms with E-state index in [0.717, 1.165) is 47.8 Å². The van der Waals surface area contributed by atoms with Crippen molar-refractivity contribution in [1.82, 2.24) is 14.7 Å². The molecule has 0 unspecified atom stereocenters. The minimum atomic E-state index is -0.621. The maximum absolute atomic E-state index is 10.8. The maximum Gasteiger partial charge on any atom is 0.227 e. The molecule has 4 rings (SSSR count). The van der Waals surface area contributed by atoms with Crippen molar-refractivity contribution in [1.29, 1.82) is 0 Å². The molecule has 6 nitrogen and oxygen atoms in total. The van der Waals surface area contributed by atoms with Crippen LogP contribution in [0.25, 0.3) is 5.69 Å². The van der Waals surface area contributed by atoms with E-state index in [1.165, 1.54) is 0 Å². The molecule has 0 aliphatic carbocycles. The van der Waals surface area contributed by atoms with Crippen LogP contribution in [0.3, 0.4) is 0 Å². The molecule has 0 saturated heterocycles. The first-order valence-electron chi connectivity index (χ1n) is 12.6. The molecule has 0 radical (unpaired) electrons. The molecule has 0 aliphatic heterocycles. The summed E-state index contributed by atoms with van der Waals surface area (Å²) in [6.07, 6.45) is 1.12. The molecule has 0 bridgehead atoms. The number of hydrogen-bond donors (Lipinski definition) is 1. The first kappa shape index (κ1) is 25.5. The summed E-state index contributed by atoms with van der Waals surface area (Å²) in [5, 5.41) is 15.7. The van der Waals surface area contributed by atoms with E-state index in [0.29, 0.717) is 19.0 Å². The van der Waals surface area contributed by atoms with E-state index in [1.807, 2.05) is 95.7 Å². The molecule has 0 fully saturated rings. The number of aryl methyl sites for hydroxylation is 1. The summed E-state index contributed by atoms with van der Waals surface area (Å²) < 4.78 is 14.1. The van der Waals surface area contributed by atoms with E-state index in [4.69, 9.17) is 14.6 Å². The summed E-state index contributed by atoms with van der Waals surface area (Å²) in [6, 6.07) is 29.5. The SMILES string of the molecule is CCCN(Cc1c(CC)nn(-c2ccccc2)c1Oc1ccccc1)C[C@@H](O)COc1ccccc1. The molecule has 6 heteroatoms. The average molecular weight is 486 g/mol. The molecule has 1 N–H and O–H groups in total. The third-order valence-corrected chi connectivity index (χ3v) is 5.89. The molecule has 1 heterocycles. The van der Waals surface area contributed by atoms with Crippen molar-refractivity contribution in [2.75, 3.05) is 19.7 Å². The zero-order valence-corrected chi connectivity index (χ0v) is 21.1. The molecule has 188 valence electrons. The molecule has 0 spiro atoms. The Balaban J connectivity index is 1.59. The summed E-state index contributed by atoms with van der Waals surface area (Å²) in [5.41, 5.74) is 2.97. The molecular formula is C30H35N3O3. The van der Waals surface area contributed by atoms with Gasteiger partial charge in [-0.2, -0.15) is 5.10 Å². The highest BCUT2D eigenvalue weighted by molar-refractivity contribution is 5.43. The number of ether oxygens (including phenoxy) is 2. The fraction of sp³-hybridized carbons (Fsp3) is 0.300. The maximum atomic E-state index is 10.8. The van der Waals surface area contributed by atoms with Gasteiger partial charge < -0.3 is 14.6 Å². The Morgan fingerprint density at radius 3 is 2.08 bits per heavy atom. The first-order valence-corrected chi connectivity index (χ1v) is 12.6. The highest BCUT2D eigenvalue weighted by Gasteiger charge is 2.23. The first-order chi connectivity index (χ1) is 17.7. The lowest BCUT2D eigenvalue weighted by atomic mass is 10.1. The van der Waals surface area contributed by atoms with Gasteiger partial charge in [-0.15, -0.1) is 0 Å². The number of aromatic nitrogens is 2. The summed E-state index contributed by atoms with van der Waals surface area (Å²) in [7, 11) is 0. The van der Waals surface area contributed by atoms with Crippen LogP contribution < -0.4 is 9.47 Å². The number of benzene rings is 3. The molecule has 0 saturated carbocycles. The Labute approximate surface area is 213 Å². The van der Waals surface area contributed by atoms with Gasteiger partial charge in [0.05, 0.1) is 16.9 Å². The predicted molar refractivity (Wildman–Crippen MR) is 143 cm³/mol. The minimum absolute atomic E-state index is 0.238. The van der Waals surface area contributed by atoms with Gasteiger partial charge in [-0.1, -0.05) is 68.4 Å². The summed E-state index contributed by atoms with van der Waals surface area (Å²) in [6.45, 7) is 6.45.